The average molecular weight is 628 g/mol. The lowest BCUT2D eigenvalue weighted by Gasteiger charge is -2.26. The average Bonchev–Trinajstić information content (AvgIpc) is 3.51. The summed E-state index contributed by atoms with van der Waals surface area (Å²) in [6.45, 7) is 2.14. The molecule has 0 saturated heterocycles. The molecule has 1 heterocycles. The molecular formula is C47H33NO. The molecule has 0 spiro atoms. The molecule has 0 N–H and O–H groups in total. The predicted octanol–water partition coefficient (Wildman–Crippen LogP) is 13.5. The van der Waals surface area contributed by atoms with Crippen molar-refractivity contribution in [3.63, 3.8) is 0 Å². The van der Waals surface area contributed by atoms with Gasteiger partial charge in [0.25, 0.3) is 0 Å². The largest absolute Gasteiger partial charge is 0.456 e. The summed E-state index contributed by atoms with van der Waals surface area (Å²) in [5.41, 5.74) is 11.2. The second kappa shape index (κ2) is 12.0. The predicted molar refractivity (Wildman–Crippen MR) is 207 cm³/mol. The van der Waals surface area contributed by atoms with Gasteiger partial charge in [-0.2, -0.15) is 0 Å². The van der Waals surface area contributed by atoms with Crippen molar-refractivity contribution >= 4 is 49.6 Å². The van der Waals surface area contributed by atoms with Crippen molar-refractivity contribution in [3.05, 3.63) is 188 Å². The van der Waals surface area contributed by atoms with Gasteiger partial charge in [0.1, 0.15) is 11.3 Å². The van der Waals surface area contributed by atoms with Gasteiger partial charge >= 0.3 is 0 Å². The first-order valence-corrected chi connectivity index (χ1v) is 16.8. The number of para-hydroxylation sites is 1. The first-order valence-electron chi connectivity index (χ1n) is 16.8. The summed E-state index contributed by atoms with van der Waals surface area (Å²) in [4.78, 5) is 2.34. The Morgan fingerprint density at radius 1 is 0.367 bits per heavy atom. The molecule has 0 amide bonds. The standard InChI is InChI=1S/C47H33NO/c1-32-45-15-6-7-16-46(45)49-47(32)41-14-8-13-38(30-41)35-19-24-42(25-20-35)48(44-28-23-34-10-3-5-12-39(34)31-44)43-26-21-36(22-27-43)40-18-17-33-9-2-4-11-37(33)29-40/h2-31H,1H3. The van der Waals surface area contributed by atoms with Gasteiger partial charge < -0.3 is 9.32 Å². The molecule has 0 saturated carbocycles. The molecule has 0 fully saturated rings. The Morgan fingerprint density at radius 3 is 1.55 bits per heavy atom. The summed E-state index contributed by atoms with van der Waals surface area (Å²) in [5.74, 6) is 0.925. The third kappa shape index (κ3) is 5.34. The summed E-state index contributed by atoms with van der Waals surface area (Å²) in [7, 11) is 0. The molecule has 2 heteroatoms. The van der Waals surface area contributed by atoms with Gasteiger partial charge in [-0.1, -0.05) is 127 Å². The number of anilines is 3. The lowest BCUT2D eigenvalue weighted by atomic mass is 9.99. The zero-order valence-corrected chi connectivity index (χ0v) is 27.2. The summed E-state index contributed by atoms with van der Waals surface area (Å²) < 4.78 is 6.30. The Bertz CT molecular complexity index is 2610. The van der Waals surface area contributed by atoms with Crippen molar-refractivity contribution < 1.29 is 4.42 Å². The van der Waals surface area contributed by atoms with Crippen LogP contribution in [-0.4, -0.2) is 0 Å². The van der Waals surface area contributed by atoms with Crippen LogP contribution in [0.1, 0.15) is 5.56 Å². The highest BCUT2D eigenvalue weighted by atomic mass is 16.3. The molecule has 8 aromatic carbocycles. The minimum absolute atomic E-state index is 0.920. The van der Waals surface area contributed by atoms with Gasteiger partial charge in [-0.05, 0) is 105 Å². The summed E-state index contributed by atoms with van der Waals surface area (Å²) in [5, 5.41) is 6.11. The Morgan fingerprint density at radius 2 is 0.878 bits per heavy atom. The zero-order valence-electron chi connectivity index (χ0n) is 27.2. The maximum Gasteiger partial charge on any atom is 0.138 e. The minimum Gasteiger partial charge on any atom is -0.456 e. The topological polar surface area (TPSA) is 16.4 Å². The fraction of sp³-hybridized carbons (Fsp3) is 0.0213. The van der Waals surface area contributed by atoms with Gasteiger partial charge in [0.05, 0.1) is 0 Å². The van der Waals surface area contributed by atoms with Gasteiger partial charge in [0.15, 0.2) is 0 Å². The number of aryl methyl sites for hydroxylation is 1. The van der Waals surface area contributed by atoms with E-state index in [0.717, 1.165) is 50.5 Å². The fourth-order valence-electron chi connectivity index (χ4n) is 7.03. The number of rotatable bonds is 6. The summed E-state index contributed by atoms with van der Waals surface area (Å²) in [6, 6.07) is 65.1. The van der Waals surface area contributed by atoms with E-state index < -0.39 is 0 Å². The maximum atomic E-state index is 6.30. The molecule has 0 atom stereocenters. The van der Waals surface area contributed by atoms with Crippen LogP contribution in [0.2, 0.25) is 0 Å². The summed E-state index contributed by atoms with van der Waals surface area (Å²) >= 11 is 0. The van der Waals surface area contributed by atoms with Crippen LogP contribution in [-0.2, 0) is 0 Å². The Labute approximate surface area is 286 Å². The molecule has 0 aliphatic heterocycles. The quantitative estimate of drug-likeness (QED) is 0.182. The highest BCUT2D eigenvalue weighted by Gasteiger charge is 2.16. The molecule has 2 nitrogen and oxygen atoms in total. The first-order chi connectivity index (χ1) is 24.2. The monoisotopic (exact) mass is 627 g/mol. The van der Waals surface area contributed by atoms with Crippen LogP contribution in [0.5, 0.6) is 0 Å². The second-order valence-electron chi connectivity index (χ2n) is 12.7. The van der Waals surface area contributed by atoms with Crippen LogP contribution in [0, 0.1) is 6.92 Å². The number of hydrogen-bond acceptors (Lipinski definition) is 2. The second-order valence-corrected chi connectivity index (χ2v) is 12.7. The minimum atomic E-state index is 0.920. The zero-order chi connectivity index (χ0) is 32.7. The maximum absolute atomic E-state index is 6.30. The van der Waals surface area contributed by atoms with Gasteiger partial charge in [0, 0.05) is 33.6 Å². The van der Waals surface area contributed by atoms with E-state index in [1.54, 1.807) is 0 Å². The highest BCUT2D eigenvalue weighted by molar-refractivity contribution is 5.91. The van der Waals surface area contributed by atoms with E-state index in [1.165, 1.54) is 38.2 Å². The van der Waals surface area contributed by atoms with Crippen molar-refractivity contribution in [1.82, 2.24) is 0 Å². The molecule has 49 heavy (non-hydrogen) atoms. The lowest BCUT2D eigenvalue weighted by molar-refractivity contribution is 0.629. The summed E-state index contributed by atoms with van der Waals surface area (Å²) in [6.07, 6.45) is 0. The Hall–Kier alpha value is -6.38. The Kier molecular flexibility index (Phi) is 7.06. The lowest BCUT2D eigenvalue weighted by Crippen LogP contribution is -2.09. The van der Waals surface area contributed by atoms with Crippen molar-refractivity contribution in [2.24, 2.45) is 0 Å². The van der Waals surface area contributed by atoms with Crippen molar-refractivity contribution in [2.75, 3.05) is 4.90 Å². The van der Waals surface area contributed by atoms with Crippen LogP contribution in [0.4, 0.5) is 17.1 Å². The van der Waals surface area contributed by atoms with Crippen LogP contribution in [0.15, 0.2) is 186 Å². The molecule has 0 bridgehead atoms. The van der Waals surface area contributed by atoms with E-state index in [4.69, 9.17) is 4.42 Å². The third-order valence-corrected chi connectivity index (χ3v) is 9.63. The van der Waals surface area contributed by atoms with Crippen LogP contribution < -0.4 is 4.90 Å². The number of fused-ring (bicyclic) bond motifs is 3. The van der Waals surface area contributed by atoms with Gasteiger partial charge in [-0.3, -0.25) is 0 Å². The number of hydrogen-bond donors (Lipinski definition) is 0. The van der Waals surface area contributed by atoms with Gasteiger partial charge in [0.2, 0.25) is 0 Å². The molecule has 0 radical (unpaired) electrons. The molecule has 1 aromatic heterocycles. The van der Waals surface area contributed by atoms with Crippen LogP contribution in [0.3, 0.4) is 0 Å². The molecule has 0 aliphatic rings. The first kappa shape index (κ1) is 28.8. The van der Waals surface area contributed by atoms with E-state index in [9.17, 15) is 0 Å². The Balaban J connectivity index is 1.08. The molecule has 232 valence electrons. The molecule has 9 rings (SSSR count). The van der Waals surface area contributed by atoms with Crippen LogP contribution >= 0.6 is 0 Å². The SMILES string of the molecule is Cc1c(-c2cccc(-c3ccc(N(c4ccc(-c5ccc6ccccc6c5)cc4)c4ccc5ccccc5c4)cc3)c2)oc2ccccc12. The van der Waals surface area contributed by atoms with Crippen LogP contribution in [0.25, 0.3) is 66.1 Å². The number of furan rings is 1. The number of nitrogens with zero attached hydrogens (tertiary/aromatic N) is 1. The third-order valence-electron chi connectivity index (χ3n) is 9.63. The van der Waals surface area contributed by atoms with E-state index in [1.807, 2.05) is 12.1 Å². The van der Waals surface area contributed by atoms with Gasteiger partial charge in [-0.15, -0.1) is 0 Å². The fourth-order valence-corrected chi connectivity index (χ4v) is 7.03. The number of benzene rings is 8. The van der Waals surface area contributed by atoms with E-state index in [-0.39, 0.29) is 0 Å². The van der Waals surface area contributed by atoms with Crippen molar-refractivity contribution in [3.8, 4) is 33.6 Å². The highest BCUT2D eigenvalue weighted by Crippen LogP contribution is 2.39. The van der Waals surface area contributed by atoms with E-state index in [0.29, 0.717) is 0 Å². The molecule has 0 aliphatic carbocycles. The molecule has 9 aromatic rings. The normalized spacial score (nSPS) is 11.4. The van der Waals surface area contributed by atoms with Crippen molar-refractivity contribution in [2.45, 2.75) is 6.92 Å². The smallest absolute Gasteiger partial charge is 0.138 e. The van der Waals surface area contributed by atoms with E-state index >= 15 is 0 Å². The van der Waals surface area contributed by atoms with E-state index in [2.05, 4.69) is 182 Å². The van der Waals surface area contributed by atoms with Gasteiger partial charge in [-0.25, -0.2) is 0 Å². The van der Waals surface area contributed by atoms with Crippen molar-refractivity contribution in [1.29, 1.82) is 0 Å². The molecule has 0 unspecified atom stereocenters. The molecular weight excluding hydrogens is 595 g/mol.